The minimum atomic E-state index is -0.00463. The summed E-state index contributed by atoms with van der Waals surface area (Å²) in [5, 5.41) is 33.8. The lowest BCUT2D eigenvalue weighted by Gasteiger charge is -2.65. The number of hydrogen-bond donors (Lipinski definition) is 0. The maximum atomic E-state index is 2.95. The maximum Gasteiger partial charge on any atom is 0.0645 e. The van der Waals surface area contributed by atoms with Gasteiger partial charge in [-0.2, -0.15) is 0 Å². The molecule has 35 rings (SSSR count). The number of thioether (sulfide) groups is 1. The lowest BCUT2D eigenvalue weighted by atomic mass is 9.39. The monoisotopic (exact) mass is 912 g/mol. The Bertz CT molecular complexity index is 5800. The highest BCUT2D eigenvalue weighted by molar-refractivity contribution is 8.01. The molecule has 1 aliphatic heterocycles. The molecule has 318 valence electrons. The predicted molar refractivity (Wildman–Crippen MR) is 279 cm³/mol. The van der Waals surface area contributed by atoms with Gasteiger partial charge in [0.25, 0.3) is 0 Å². The van der Waals surface area contributed by atoms with Crippen LogP contribution in [0.4, 0.5) is 0 Å². The summed E-state index contributed by atoms with van der Waals surface area (Å²) in [6.07, 6.45) is 0. The fourth-order valence-electron chi connectivity index (χ4n) is 32.8. The normalized spacial score (nSPS) is 47.0. The van der Waals surface area contributed by atoms with E-state index in [-0.39, 0.29) is 10.2 Å². The molecule has 0 bridgehead atoms. The van der Waals surface area contributed by atoms with Gasteiger partial charge in [0.1, 0.15) is 0 Å². The number of aryl methyl sites for hydroxylation is 1. The Morgan fingerprint density at radius 1 is 0.319 bits per heavy atom. The van der Waals surface area contributed by atoms with Gasteiger partial charge in [0.05, 0.1) is 4.75 Å². The van der Waals surface area contributed by atoms with E-state index in [4.69, 9.17) is 0 Å². The molecule has 22 unspecified atom stereocenters. The molecule has 22 atom stereocenters. The summed E-state index contributed by atoms with van der Waals surface area (Å²) in [5.74, 6) is 13.2. The third-order valence-corrected chi connectivity index (χ3v) is 33.2. The fraction of sp³-hybridized carbons (Fsp3) is 0.324. The number of rotatable bonds is 0. The molecule has 0 saturated heterocycles. The van der Waals surface area contributed by atoms with Crippen LogP contribution >= 0.6 is 11.8 Å². The third kappa shape index (κ3) is 1.56. The highest BCUT2D eigenvalue weighted by atomic mass is 32.2. The molecule has 0 amide bonds. The minimum Gasteiger partial charge on any atom is -0.112 e. The lowest BCUT2D eigenvalue weighted by Crippen LogP contribution is -2.62. The van der Waals surface area contributed by atoms with Crippen molar-refractivity contribution in [2.75, 3.05) is 0 Å². The van der Waals surface area contributed by atoms with E-state index in [2.05, 4.69) is 60.1 Å². The number of benzene rings is 11. The highest BCUT2D eigenvalue weighted by Crippen LogP contribution is 3.01. The van der Waals surface area contributed by atoms with E-state index in [1.165, 1.54) is 5.39 Å². The van der Waals surface area contributed by atoms with E-state index < -0.39 is 0 Å². The van der Waals surface area contributed by atoms with Gasteiger partial charge in [-0.3, -0.25) is 0 Å². The van der Waals surface area contributed by atoms with Crippen LogP contribution in [0, 0.1) is 18.8 Å². The van der Waals surface area contributed by atoms with E-state index in [0.717, 1.165) is 0 Å². The van der Waals surface area contributed by atoms with Gasteiger partial charge < -0.3 is 0 Å². The molecule has 2 spiro atoms. The first kappa shape index (κ1) is 28.5. The second-order valence-corrected chi connectivity index (χ2v) is 31.5. The van der Waals surface area contributed by atoms with E-state index in [1.54, 1.807) is 15.8 Å². The van der Waals surface area contributed by atoms with Crippen molar-refractivity contribution >= 4 is 109 Å². The third-order valence-electron chi connectivity index (χ3n) is 31.4. The highest BCUT2D eigenvalue weighted by Gasteiger charge is 2.89. The first-order chi connectivity index (χ1) is 35.8. The van der Waals surface area contributed by atoms with Crippen LogP contribution in [0.25, 0.3) is 108 Å². The van der Waals surface area contributed by atoms with Crippen molar-refractivity contribution < 1.29 is 0 Å². The van der Waals surface area contributed by atoms with Crippen LogP contribution in [0.3, 0.4) is 0 Å². The summed E-state index contributed by atoms with van der Waals surface area (Å²) in [5.41, 5.74) is 47.9. The second kappa shape index (κ2) is 6.62. The zero-order valence-corrected chi connectivity index (χ0v) is 39.2. The van der Waals surface area contributed by atoms with Gasteiger partial charge in [-0.15, -0.1) is 11.8 Å². The Morgan fingerprint density at radius 3 is 1.11 bits per heavy atom. The summed E-state index contributed by atoms with van der Waals surface area (Å²) in [7, 11) is 0. The van der Waals surface area contributed by atoms with Crippen molar-refractivity contribution in [3.63, 3.8) is 0 Å². The lowest BCUT2D eigenvalue weighted by molar-refractivity contribution is 0.0342. The Balaban J connectivity index is 1.01. The van der Waals surface area contributed by atoms with Crippen LogP contribution < -0.4 is 0 Å². The van der Waals surface area contributed by atoms with Gasteiger partial charge in [0.15, 0.2) is 0 Å². The molecule has 0 aromatic heterocycles. The maximum absolute atomic E-state index is 2.95. The summed E-state index contributed by atoms with van der Waals surface area (Å²) >= 11 is 2.60. The number of hydrogen-bond acceptors (Lipinski definition) is 1. The van der Waals surface area contributed by atoms with Crippen molar-refractivity contribution in [2.45, 2.75) is 129 Å². The summed E-state index contributed by atoms with van der Waals surface area (Å²) in [6.45, 7) is 2.54. The average molecular weight is 913 g/mol. The van der Waals surface area contributed by atoms with E-state index in [1.807, 2.05) is 203 Å². The molecule has 1 heterocycles. The van der Waals surface area contributed by atoms with Crippen molar-refractivity contribution in [1.29, 1.82) is 0 Å². The minimum absolute atomic E-state index is 0.00463. The van der Waals surface area contributed by atoms with Crippen LogP contribution in [-0.2, 0) is 10.2 Å². The standard InChI is InChI=1S/C71H28S/c1-7-6-10-69(9-5-3-2-4-8(7)9)72-71-67-61-55-45-33-25-17-13-11-12-15-19(17)27(33)37-31-23(15)24-16(12)20-18-14(11)22-21(13)29-35(25)43-49-39(29)40-30(22)36-26(18)34-28(20)38-32(24)42-41(31)53(47(37)55)63(67)64-54(42)48(38)56-46(34)52-44(36)50(40)58-57(49)65(59(61)51(43)45)70(10,71)66(58)60(52)62(56)68(64)71/h2-6,13,15,17,19,21,23,29,31,39-42,50,54,58,60,62,64,66,68H,1H3. The molecule has 72 heavy (non-hydrogen) atoms. The zero-order valence-electron chi connectivity index (χ0n) is 38.3. The van der Waals surface area contributed by atoms with Crippen LogP contribution in [-0.4, -0.2) is 0 Å². The second-order valence-electron chi connectivity index (χ2n) is 30.2. The zero-order chi connectivity index (χ0) is 42.6. The average Bonchev–Trinajstić information content (AvgIpc) is 4.26. The Labute approximate surface area is 410 Å². The van der Waals surface area contributed by atoms with Crippen LogP contribution in [0.2, 0.25) is 0 Å². The van der Waals surface area contributed by atoms with Gasteiger partial charge in [-0.05, 0) is 356 Å². The molecule has 1 heteroatoms. The fourth-order valence-corrected chi connectivity index (χ4v) is 35.0. The Hall–Kier alpha value is -5.89. The van der Waals surface area contributed by atoms with Crippen molar-refractivity contribution in [1.82, 2.24) is 0 Å². The van der Waals surface area contributed by atoms with Gasteiger partial charge in [-0.1, -0.05) is 30.3 Å². The predicted octanol–water partition coefficient (Wildman–Crippen LogP) is 16.0. The molecule has 0 N–H and O–H groups in total. The molecular formula is C71H28S. The smallest absolute Gasteiger partial charge is 0.0645 e. The topological polar surface area (TPSA) is 0 Å². The van der Waals surface area contributed by atoms with Crippen LogP contribution in [0.1, 0.15) is 229 Å². The molecule has 1 saturated carbocycles. The van der Waals surface area contributed by atoms with Gasteiger partial charge >= 0.3 is 0 Å². The van der Waals surface area contributed by atoms with Crippen molar-refractivity contribution in [2.24, 2.45) is 11.8 Å². The van der Waals surface area contributed by atoms with Crippen LogP contribution in [0.5, 0.6) is 0 Å². The first-order valence-electron chi connectivity index (χ1n) is 29.3. The van der Waals surface area contributed by atoms with Crippen LogP contribution in [0.15, 0.2) is 35.2 Å². The first-order valence-corrected chi connectivity index (χ1v) is 30.1. The molecule has 0 radical (unpaired) electrons. The summed E-state index contributed by atoms with van der Waals surface area (Å²) in [4.78, 5) is 1.75. The van der Waals surface area contributed by atoms with E-state index in [9.17, 15) is 0 Å². The molecule has 1 fully saturated rings. The quantitative estimate of drug-likeness (QED) is 0.137. The molecular weight excluding hydrogens is 885 g/mol. The molecule has 12 aromatic carbocycles. The molecule has 23 aliphatic rings. The molecule has 12 aromatic rings. The SMILES string of the molecule is Cc1cc2c(c3ccccc13)SC13c4c5c6c7c8c9c%10c%11c%12c%13c%14c%15c(c%16c%13c%10c7c4-%16)C21C1C%15C2c4c7c%10c%13c%15c%16c%17c%18c%19c%20c%21c%22c%23c(c4c4c%22c%19c%16c%104)C2C%14C%12C%23C%21C%11C9C%20C%18C8C6C%17C%15C5C3C%13C71. The molecule has 0 nitrogen and oxygen atoms in total. The van der Waals surface area contributed by atoms with Crippen molar-refractivity contribution in [3.05, 3.63) is 153 Å². The Kier molecular flexibility index (Phi) is 2.62. The largest absolute Gasteiger partial charge is 0.112 e. The Morgan fingerprint density at radius 2 is 0.639 bits per heavy atom. The van der Waals surface area contributed by atoms with Gasteiger partial charge in [-0.25, -0.2) is 0 Å². The van der Waals surface area contributed by atoms with Crippen molar-refractivity contribution in [3.8, 4) is 11.1 Å². The van der Waals surface area contributed by atoms with Gasteiger partial charge in [0, 0.05) is 10.3 Å². The van der Waals surface area contributed by atoms with E-state index >= 15 is 0 Å². The summed E-state index contributed by atoms with van der Waals surface area (Å²) < 4.78 is 0.0272. The number of fused-ring (bicyclic) bond motifs is 3. The molecule has 22 aliphatic carbocycles. The van der Waals surface area contributed by atoms with E-state index in [0.29, 0.717) is 118 Å². The summed E-state index contributed by atoms with van der Waals surface area (Å²) in [6, 6.07) is 12.9. The van der Waals surface area contributed by atoms with Gasteiger partial charge in [0.2, 0.25) is 0 Å².